The van der Waals surface area contributed by atoms with Crippen molar-refractivity contribution < 1.29 is 0 Å². The summed E-state index contributed by atoms with van der Waals surface area (Å²) in [7, 11) is 0. The van der Waals surface area contributed by atoms with Gasteiger partial charge in [0.05, 0.1) is 6.54 Å². The van der Waals surface area contributed by atoms with Gasteiger partial charge >= 0.3 is 0 Å². The number of aliphatic imine (C=N–C) groups is 3. The lowest BCUT2D eigenvalue weighted by Crippen LogP contribution is -2.07. The van der Waals surface area contributed by atoms with Gasteiger partial charge in [-0.15, -0.1) is 0 Å². The molecule has 2 aromatic carbocycles. The molecule has 3 heteroatoms. The van der Waals surface area contributed by atoms with Crippen molar-refractivity contribution in [3.63, 3.8) is 0 Å². The molecule has 1 aliphatic carbocycles. The lowest BCUT2D eigenvalue weighted by molar-refractivity contribution is 0.983. The van der Waals surface area contributed by atoms with Gasteiger partial charge in [0.15, 0.2) is 11.7 Å². The third-order valence-electron chi connectivity index (χ3n) is 3.95. The molecule has 3 rings (SSSR count). The summed E-state index contributed by atoms with van der Waals surface area (Å²) in [5, 5.41) is 0. The quantitative estimate of drug-likeness (QED) is 0.559. The first-order chi connectivity index (χ1) is 12.4. The predicted octanol–water partition coefficient (Wildman–Crippen LogP) is 5.01. The van der Waals surface area contributed by atoms with Gasteiger partial charge in [-0.3, -0.25) is 4.99 Å². The maximum atomic E-state index is 4.77. The zero-order valence-corrected chi connectivity index (χ0v) is 14.2. The van der Waals surface area contributed by atoms with E-state index in [0.717, 1.165) is 35.4 Å². The summed E-state index contributed by atoms with van der Waals surface area (Å²) in [6, 6.07) is 20.1. The second-order valence-electron chi connectivity index (χ2n) is 5.74. The Balaban J connectivity index is 1.95. The largest absolute Gasteiger partial charge is 0.262 e. The molecule has 0 saturated carbocycles. The third-order valence-corrected chi connectivity index (χ3v) is 3.95. The van der Waals surface area contributed by atoms with E-state index in [1.807, 2.05) is 48.5 Å². The van der Waals surface area contributed by atoms with Gasteiger partial charge in [-0.1, -0.05) is 78.9 Å². The molecule has 0 radical (unpaired) electrons. The third kappa shape index (κ3) is 4.70. The van der Waals surface area contributed by atoms with Gasteiger partial charge in [-0.2, -0.15) is 0 Å². The van der Waals surface area contributed by atoms with Crippen molar-refractivity contribution in [2.45, 2.75) is 19.4 Å². The second kappa shape index (κ2) is 8.69. The lowest BCUT2D eigenvalue weighted by atomic mass is 10.0. The minimum atomic E-state index is 0.597. The van der Waals surface area contributed by atoms with Crippen molar-refractivity contribution in [3.8, 4) is 0 Å². The average Bonchev–Trinajstić information content (AvgIpc) is 2.70. The maximum absolute atomic E-state index is 4.77. The number of nitrogens with zero attached hydrogens (tertiary/aromatic N) is 3. The summed E-state index contributed by atoms with van der Waals surface area (Å²) in [5.41, 5.74) is 3.24. The van der Waals surface area contributed by atoms with Gasteiger partial charge in [0.1, 0.15) is 0 Å². The summed E-state index contributed by atoms with van der Waals surface area (Å²) in [5.74, 6) is 1.34. The highest BCUT2D eigenvalue weighted by Gasteiger charge is 2.10. The highest BCUT2D eigenvalue weighted by molar-refractivity contribution is 6.12. The first kappa shape index (κ1) is 16.8. The molecule has 25 heavy (non-hydrogen) atoms. The summed E-state index contributed by atoms with van der Waals surface area (Å²) in [6.45, 7) is 4.28. The molecule has 0 heterocycles. The highest BCUT2D eigenvalue weighted by Crippen LogP contribution is 2.17. The van der Waals surface area contributed by atoms with Crippen LogP contribution in [0.15, 0.2) is 99.4 Å². The minimum absolute atomic E-state index is 0.597. The van der Waals surface area contributed by atoms with Crippen LogP contribution in [0.3, 0.4) is 0 Å². The topological polar surface area (TPSA) is 37.1 Å². The van der Waals surface area contributed by atoms with Crippen molar-refractivity contribution in [2.24, 2.45) is 15.0 Å². The zero-order valence-electron chi connectivity index (χ0n) is 14.2. The van der Waals surface area contributed by atoms with Gasteiger partial charge < -0.3 is 0 Å². The molecule has 0 amide bonds. The minimum Gasteiger partial charge on any atom is -0.262 e. The Morgan fingerprint density at radius 3 is 2.28 bits per heavy atom. The molecule has 3 nitrogen and oxygen atoms in total. The molecule has 0 N–H and O–H groups in total. The number of hydrogen-bond donors (Lipinski definition) is 0. The SMILES string of the molecule is C=NC(=NC(=NCc1ccccc1)C1=CC=CCC1)c1ccccc1. The number of allylic oxidation sites excluding steroid dienone is 3. The Morgan fingerprint density at radius 2 is 1.64 bits per heavy atom. The summed E-state index contributed by atoms with van der Waals surface area (Å²) in [4.78, 5) is 13.6. The van der Waals surface area contributed by atoms with E-state index in [1.165, 1.54) is 0 Å². The molecular formula is C22H21N3. The molecule has 0 fully saturated rings. The van der Waals surface area contributed by atoms with Crippen LogP contribution in [0, 0.1) is 0 Å². The molecule has 0 aromatic heterocycles. The zero-order chi connectivity index (χ0) is 17.3. The molecule has 0 aliphatic heterocycles. The first-order valence-electron chi connectivity index (χ1n) is 8.42. The number of benzene rings is 2. The average molecular weight is 327 g/mol. The smallest absolute Gasteiger partial charge is 0.160 e. The molecule has 0 unspecified atom stereocenters. The van der Waals surface area contributed by atoms with E-state index in [0.29, 0.717) is 12.4 Å². The van der Waals surface area contributed by atoms with Crippen LogP contribution >= 0.6 is 0 Å². The number of amidine groups is 2. The number of rotatable bonds is 4. The lowest BCUT2D eigenvalue weighted by Gasteiger charge is -2.10. The van der Waals surface area contributed by atoms with E-state index in [9.17, 15) is 0 Å². The van der Waals surface area contributed by atoms with Crippen LogP contribution in [0.1, 0.15) is 24.0 Å². The van der Waals surface area contributed by atoms with E-state index >= 15 is 0 Å². The van der Waals surface area contributed by atoms with E-state index in [2.05, 4.69) is 42.1 Å². The van der Waals surface area contributed by atoms with Crippen LogP contribution in [0.5, 0.6) is 0 Å². The van der Waals surface area contributed by atoms with E-state index in [-0.39, 0.29) is 0 Å². The van der Waals surface area contributed by atoms with Gasteiger partial charge in [0.25, 0.3) is 0 Å². The standard InChI is InChI=1S/C22H21N3/c1-23-21(19-13-7-3-8-14-19)25-22(20-15-9-4-10-16-20)24-17-18-11-5-2-6-12-18/h2-9,11-15H,1,10,16-17H2. The second-order valence-corrected chi connectivity index (χ2v) is 5.74. The van der Waals surface area contributed by atoms with Gasteiger partial charge in [0, 0.05) is 5.56 Å². The Hall–Kier alpha value is -3.07. The van der Waals surface area contributed by atoms with Crippen molar-refractivity contribution in [3.05, 3.63) is 95.6 Å². The van der Waals surface area contributed by atoms with Crippen LogP contribution in [0.2, 0.25) is 0 Å². The molecule has 1 aliphatic rings. The predicted molar refractivity (Wildman–Crippen MR) is 107 cm³/mol. The van der Waals surface area contributed by atoms with Crippen LogP contribution in [-0.2, 0) is 6.54 Å². The first-order valence-corrected chi connectivity index (χ1v) is 8.42. The molecule has 0 saturated heterocycles. The van der Waals surface area contributed by atoms with E-state index in [1.54, 1.807) is 0 Å². The molecule has 0 spiro atoms. The van der Waals surface area contributed by atoms with Crippen molar-refractivity contribution in [1.82, 2.24) is 0 Å². The molecule has 124 valence electrons. The van der Waals surface area contributed by atoms with Crippen LogP contribution < -0.4 is 0 Å². The van der Waals surface area contributed by atoms with E-state index in [4.69, 9.17) is 9.98 Å². The van der Waals surface area contributed by atoms with Crippen LogP contribution in [-0.4, -0.2) is 18.4 Å². The Kier molecular flexibility index (Phi) is 5.83. The molecule has 2 aromatic rings. The summed E-state index contributed by atoms with van der Waals surface area (Å²) in [6.07, 6.45) is 8.26. The molecule has 0 atom stereocenters. The van der Waals surface area contributed by atoms with E-state index < -0.39 is 0 Å². The van der Waals surface area contributed by atoms with Crippen LogP contribution in [0.25, 0.3) is 0 Å². The fourth-order valence-electron chi connectivity index (χ4n) is 2.63. The Morgan fingerprint density at radius 1 is 0.920 bits per heavy atom. The van der Waals surface area contributed by atoms with Gasteiger partial charge in [-0.25, -0.2) is 9.98 Å². The summed E-state index contributed by atoms with van der Waals surface area (Å²) >= 11 is 0. The molecular weight excluding hydrogens is 306 g/mol. The monoisotopic (exact) mass is 327 g/mol. The normalized spacial score (nSPS) is 15.0. The Bertz CT molecular complexity index is 828. The van der Waals surface area contributed by atoms with Gasteiger partial charge in [0.2, 0.25) is 0 Å². The molecule has 0 bridgehead atoms. The van der Waals surface area contributed by atoms with Crippen molar-refractivity contribution in [2.75, 3.05) is 0 Å². The highest BCUT2D eigenvalue weighted by atomic mass is 15.0. The fourth-order valence-corrected chi connectivity index (χ4v) is 2.63. The maximum Gasteiger partial charge on any atom is 0.160 e. The van der Waals surface area contributed by atoms with Crippen molar-refractivity contribution >= 4 is 18.4 Å². The van der Waals surface area contributed by atoms with Crippen molar-refractivity contribution in [1.29, 1.82) is 0 Å². The summed E-state index contributed by atoms with van der Waals surface area (Å²) < 4.78 is 0. The number of hydrogen-bond acceptors (Lipinski definition) is 1. The van der Waals surface area contributed by atoms with Crippen LogP contribution in [0.4, 0.5) is 0 Å². The Labute approximate surface area is 148 Å². The van der Waals surface area contributed by atoms with Gasteiger partial charge in [-0.05, 0) is 30.7 Å². The fraction of sp³-hybridized carbons (Fsp3) is 0.136.